The lowest BCUT2D eigenvalue weighted by Crippen LogP contribution is -2.42. The second-order valence-corrected chi connectivity index (χ2v) is 5.09. The molecule has 2 aliphatic rings. The normalized spacial score (nSPS) is 29.4. The van der Waals surface area contributed by atoms with Crippen LogP contribution < -0.4 is 10.6 Å². The molecule has 2 N–H and O–H groups in total. The van der Waals surface area contributed by atoms with E-state index >= 15 is 0 Å². The van der Waals surface area contributed by atoms with E-state index in [-0.39, 0.29) is 6.04 Å². The van der Waals surface area contributed by atoms with E-state index < -0.39 is 0 Å². The lowest BCUT2D eigenvalue weighted by Gasteiger charge is -2.33. The van der Waals surface area contributed by atoms with Crippen LogP contribution in [0.25, 0.3) is 0 Å². The molecule has 4 nitrogen and oxygen atoms in total. The van der Waals surface area contributed by atoms with E-state index in [1.165, 1.54) is 18.5 Å². The molecule has 2 saturated heterocycles. The van der Waals surface area contributed by atoms with Gasteiger partial charge in [-0.1, -0.05) is 0 Å². The van der Waals surface area contributed by atoms with Crippen molar-refractivity contribution < 1.29 is 4.74 Å². The highest BCUT2D eigenvalue weighted by Crippen LogP contribution is 2.29. The van der Waals surface area contributed by atoms with Gasteiger partial charge in [-0.2, -0.15) is 0 Å². The molecule has 17 heavy (non-hydrogen) atoms. The molecule has 2 bridgehead atoms. The average molecular weight is 233 g/mol. The van der Waals surface area contributed by atoms with Crippen LogP contribution in [0.15, 0.2) is 18.3 Å². The van der Waals surface area contributed by atoms with Gasteiger partial charge in [-0.25, -0.2) is 0 Å². The molecule has 0 aliphatic carbocycles. The van der Waals surface area contributed by atoms with Crippen molar-refractivity contribution in [2.75, 3.05) is 18.0 Å². The third-order valence-corrected chi connectivity index (χ3v) is 3.65. The summed E-state index contributed by atoms with van der Waals surface area (Å²) < 4.78 is 5.83. The molecular weight excluding hydrogens is 214 g/mol. The van der Waals surface area contributed by atoms with Crippen molar-refractivity contribution in [2.24, 2.45) is 5.73 Å². The summed E-state index contributed by atoms with van der Waals surface area (Å²) in [6.07, 6.45) is 5.17. The lowest BCUT2D eigenvalue weighted by atomic mass is 10.2. The van der Waals surface area contributed by atoms with Crippen molar-refractivity contribution in [3.05, 3.63) is 24.0 Å². The maximum absolute atomic E-state index is 5.83. The minimum atomic E-state index is 0.00456. The third-order valence-electron chi connectivity index (χ3n) is 3.65. The highest BCUT2D eigenvalue weighted by Gasteiger charge is 2.33. The Morgan fingerprint density at radius 3 is 2.59 bits per heavy atom. The molecule has 1 aromatic rings. The number of pyridine rings is 1. The second kappa shape index (κ2) is 4.27. The number of fused-ring (bicyclic) bond motifs is 2. The van der Waals surface area contributed by atoms with Gasteiger partial charge in [0, 0.05) is 19.1 Å². The Morgan fingerprint density at radius 1 is 1.35 bits per heavy atom. The fraction of sp³-hybridized carbons (Fsp3) is 0.615. The van der Waals surface area contributed by atoms with Gasteiger partial charge in [0.25, 0.3) is 0 Å². The van der Waals surface area contributed by atoms with E-state index in [2.05, 4.69) is 16.0 Å². The first-order valence-corrected chi connectivity index (χ1v) is 6.34. The van der Waals surface area contributed by atoms with Gasteiger partial charge in [-0.15, -0.1) is 0 Å². The van der Waals surface area contributed by atoms with Gasteiger partial charge in [0.15, 0.2) is 0 Å². The third kappa shape index (κ3) is 2.15. The number of ether oxygens (including phenoxy) is 1. The van der Waals surface area contributed by atoms with E-state index in [9.17, 15) is 0 Å². The molecule has 92 valence electrons. The van der Waals surface area contributed by atoms with Crippen LogP contribution in [-0.4, -0.2) is 30.3 Å². The molecule has 0 aromatic carbocycles. The zero-order valence-electron chi connectivity index (χ0n) is 10.2. The summed E-state index contributed by atoms with van der Waals surface area (Å²) in [7, 11) is 0. The number of nitrogens with zero attached hydrogens (tertiary/aromatic N) is 2. The number of anilines is 1. The fourth-order valence-corrected chi connectivity index (χ4v) is 2.68. The van der Waals surface area contributed by atoms with Crippen LogP contribution in [0.1, 0.15) is 31.5 Å². The van der Waals surface area contributed by atoms with E-state index in [1.54, 1.807) is 0 Å². The van der Waals surface area contributed by atoms with Gasteiger partial charge in [0.05, 0.1) is 29.8 Å². The highest BCUT2D eigenvalue weighted by atomic mass is 16.5. The van der Waals surface area contributed by atoms with E-state index in [0.29, 0.717) is 12.2 Å². The van der Waals surface area contributed by atoms with Crippen LogP contribution in [0.5, 0.6) is 0 Å². The zero-order valence-corrected chi connectivity index (χ0v) is 10.2. The monoisotopic (exact) mass is 233 g/mol. The molecule has 0 radical (unpaired) electrons. The zero-order chi connectivity index (χ0) is 11.8. The quantitative estimate of drug-likeness (QED) is 0.840. The Hall–Kier alpha value is -1.13. The van der Waals surface area contributed by atoms with Crippen LogP contribution in [0, 0.1) is 0 Å². The summed E-state index contributed by atoms with van der Waals surface area (Å²) in [5.41, 5.74) is 7.94. The number of hydrogen-bond acceptors (Lipinski definition) is 4. The minimum Gasteiger partial charge on any atom is -0.371 e. The minimum absolute atomic E-state index is 0.00456. The van der Waals surface area contributed by atoms with E-state index in [1.807, 2.05) is 19.2 Å². The Balaban J connectivity index is 1.75. The van der Waals surface area contributed by atoms with Crippen molar-refractivity contribution >= 4 is 5.69 Å². The van der Waals surface area contributed by atoms with Gasteiger partial charge in [-0.3, -0.25) is 4.98 Å². The van der Waals surface area contributed by atoms with Gasteiger partial charge in [0.2, 0.25) is 0 Å². The maximum Gasteiger partial charge on any atom is 0.0755 e. The van der Waals surface area contributed by atoms with Crippen molar-refractivity contribution in [3.8, 4) is 0 Å². The van der Waals surface area contributed by atoms with E-state index in [0.717, 1.165) is 18.8 Å². The first-order chi connectivity index (χ1) is 8.22. The van der Waals surface area contributed by atoms with Crippen molar-refractivity contribution in [1.29, 1.82) is 0 Å². The maximum atomic E-state index is 5.83. The van der Waals surface area contributed by atoms with Gasteiger partial charge in [0.1, 0.15) is 0 Å². The number of hydrogen-bond donors (Lipinski definition) is 1. The molecule has 4 heteroatoms. The number of aromatic nitrogens is 1. The summed E-state index contributed by atoms with van der Waals surface area (Å²) >= 11 is 0. The highest BCUT2D eigenvalue weighted by molar-refractivity contribution is 5.45. The molecule has 3 unspecified atom stereocenters. The summed E-state index contributed by atoms with van der Waals surface area (Å²) in [6, 6.07) is 4.15. The summed E-state index contributed by atoms with van der Waals surface area (Å²) in [5.74, 6) is 0. The van der Waals surface area contributed by atoms with Crippen LogP contribution in [0.3, 0.4) is 0 Å². The Morgan fingerprint density at radius 2 is 2.06 bits per heavy atom. The summed E-state index contributed by atoms with van der Waals surface area (Å²) in [6.45, 7) is 3.95. The van der Waals surface area contributed by atoms with Crippen molar-refractivity contribution in [3.63, 3.8) is 0 Å². The Labute approximate surface area is 102 Å². The lowest BCUT2D eigenvalue weighted by molar-refractivity contribution is 0.0305. The van der Waals surface area contributed by atoms with Crippen LogP contribution in [0.2, 0.25) is 0 Å². The molecule has 3 atom stereocenters. The molecule has 3 heterocycles. The Kier molecular flexibility index (Phi) is 2.76. The molecule has 2 fully saturated rings. The molecular formula is C13H19N3O. The summed E-state index contributed by atoms with van der Waals surface area (Å²) in [4.78, 5) is 6.80. The molecule has 2 aliphatic heterocycles. The van der Waals surface area contributed by atoms with Gasteiger partial charge < -0.3 is 15.4 Å². The molecule has 0 spiro atoms. The van der Waals surface area contributed by atoms with Crippen LogP contribution in [-0.2, 0) is 4.74 Å². The van der Waals surface area contributed by atoms with Crippen LogP contribution in [0.4, 0.5) is 5.69 Å². The number of nitrogens with two attached hydrogens (primary N) is 1. The molecule has 0 amide bonds. The number of morpholine rings is 1. The largest absolute Gasteiger partial charge is 0.371 e. The number of rotatable bonds is 2. The van der Waals surface area contributed by atoms with Crippen molar-refractivity contribution in [2.45, 2.75) is 38.0 Å². The molecule has 0 saturated carbocycles. The topological polar surface area (TPSA) is 51.4 Å². The van der Waals surface area contributed by atoms with Crippen LogP contribution >= 0.6 is 0 Å². The smallest absolute Gasteiger partial charge is 0.0755 e. The van der Waals surface area contributed by atoms with Gasteiger partial charge in [-0.05, 0) is 31.9 Å². The average Bonchev–Trinajstić information content (AvgIpc) is 2.68. The fourth-order valence-electron chi connectivity index (χ4n) is 2.68. The summed E-state index contributed by atoms with van der Waals surface area (Å²) in [5, 5.41) is 0. The molecule has 1 aromatic heterocycles. The van der Waals surface area contributed by atoms with Crippen molar-refractivity contribution in [1.82, 2.24) is 4.98 Å². The molecule has 3 rings (SSSR count). The van der Waals surface area contributed by atoms with E-state index in [4.69, 9.17) is 10.5 Å². The second-order valence-electron chi connectivity index (χ2n) is 5.09. The predicted molar refractivity (Wildman–Crippen MR) is 66.9 cm³/mol. The first kappa shape index (κ1) is 11.0. The van der Waals surface area contributed by atoms with Gasteiger partial charge >= 0.3 is 0 Å². The Bertz CT molecular complexity index is 378. The predicted octanol–water partition coefficient (Wildman–Crippen LogP) is 1.47. The first-order valence-electron chi connectivity index (χ1n) is 6.34. The SMILES string of the molecule is CC(N)c1ccc(N2CC3CCC(C2)O3)cn1. The standard InChI is InChI=1S/C13H19N3O/c1-9(14)13-5-2-10(6-15-13)16-7-11-3-4-12(8-16)17-11/h2,5-6,9,11-12H,3-4,7-8,14H2,1H3.